The molecule has 0 bridgehead atoms. The summed E-state index contributed by atoms with van der Waals surface area (Å²) < 4.78 is 6.34. The van der Waals surface area contributed by atoms with Crippen LogP contribution in [0, 0.1) is 19.9 Å². The quantitative estimate of drug-likeness (QED) is 0.150. The van der Waals surface area contributed by atoms with Crippen LogP contribution >= 0.6 is 0 Å². The topological polar surface area (TPSA) is 63.3 Å². The predicted molar refractivity (Wildman–Crippen MR) is 129 cm³/mol. The zero-order valence-corrected chi connectivity index (χ0v) is 21.8. The van der Waals surface area contributed by atoms with Crippen LogP contribution in [-0.4, -0.2) is 15.9 Å². The van der Waals surface area contributed by atoms with Gasteiger partial charge in [-0.2, -0.15) is 0 Å². The molecule has 173 valence electrons. The number of rotatable bonds is 2. The molecule has 2 aromatic carbocycles. The number of hydrogen-bond donors (Lipinski definition) is 1. The molecule has 0 unspecified atom stereocenters. The van der Waals surface area contributed by atoms with E-state index in [0.717, 1.165) is 22.4 Å². The molecule has 33 heavy (non-hydrogen) atoms. The monoisotopic (exact) mass is 619 g/mol. The Hall–Kier alpha value is -2.75. The maximum absolute atomic E-state index is 10.0. The molecule has 4 aromatic rings. The number of ketones is 1. The molecule has 1 N–H and O–H groups in total. The molecule has 5 rings (SSSR count). The van der Waals surface area contributed by atoms with Crippen LogP contribution in [0.4, 0.5) is 0 Å². The number of hydrogen-bond acceptors (Lipinski definition) is 4. The van der Waals surface area contributed by atoms with Gasteiger partial charge in [0.1, 0.15) is 11.2 Å². The molecule has 0 saturated carbocycles. The minimum absolute atomic E-state index is 0. The Morgan fingerprint density at radius 2 is 1.91 bits per heavy atom. The third-order valence-corrected chi connectivity index (χ3v) is 5.90. The van der Waals surface area contributed by atoms with Crippen LogP contribution in [0.5, 0.6) is 0 Å². The van der Waals surface area contributed by atoms with E-state index in [-0.39, 0.29) is 31.6 Å². The Labute approximate surface area is 208 Å². The zero-order valence-electron chi connectivity index (χ0n) is 19.4. The van der Waals surface area contributed by atoms with E-state index in [9.17, 15) is 4.79 Å². The summed E-state index contributed by atoms with van der Waals surface area (Å²) >= 11 is 0. The second-order valence-corrected chi connectivity index (χ2v) is 8.53. The van der Waals surface area contributed by atoms with Crippen LogP contribution < -0.4 is 0 Å². The molecule has 0 spiro atoms. The van der Waals surface area contributed by atoms with Crippen LogP contribution in [0.1, 0.15) is 48.9 Å². The zero-order chi connectivity index (χ0) is 22.8. The molecular formula is C28H28IrNO3-. The Bertz CT molecular complexity index is 1350. The predicted octanol–water partition coefficient (Wildman–Crippen LogP) is 6.98. The Balaban J connectivity index is 0.000000337. The average molecular weight is 619 g/mol. The number of furan rings is 1. The molecule has 0 atom stereocenters. The first-order chi connectivity index (χ1) is 15.3. The molecule has 0 fully saturated rings. The number of carbonyl (C=O) groups is 1. The summed E-state index contributed by atoms with van der Waals surface area (Å²) in [7, 11) is 0. The first-order valence-corrected chi connectivity index (χ1v) is 11.0. The van der Waals surface area contributed by atoms with Gasteiger partial charge in [-0.05, 0) is 75.3 Å². The number of benzene rings is 2. The van der Waals surface area contributed by atoms with Crippen molar-refractivity contribution >= 4 is 27.7 Å². The first kappa shape index (κ1) is 24.9. The molecule has 5 heteroatoms. The largest absolute Gasteiger partial charge is 0.512 e. The Morgan fingerprint density at radius 1 is 1.15 bits per heavy atom. The molecule has 1 aliphatic rings. The minimum atomic E-state index is -0.125. The molecule has 1 aliphatic carbocycles. The fourth-order valence-corrected chi connectivity index (χ4v) is 4.56. The summed E-state index contributed by atoms with van der Waals surface area (Å²) in [4.78, 5) is 14.6. The molecular weight excluding hydrogens is 591 g/mol. The van der Waals surface area contributed by atoms with E-state index in [1.54, 1.807) is 0 Å². The normalized spacial score (nSPS) is 13.2. The molecule has 1 radical (unpaired) electrons. The van der Waals surface area contributed by atoms with E-state index in [4.69, 9.17) is 9.52 Å². The second-order valence-electron chi connectivity index (χ2n) is 8.53. The summed E-state index contributed by atoms with van der Waals surface area (Å²) in [5.74, 6) is -0.0625. The number of carbonyl (C=O) groups excluding carboxylic acids is 1. The van der Waals surface area contributed by atoms with Gasteiger partial charge in [0, 0.05) is 48.8 Å². The van der Waals surface area contributed by atoms with E-state index in [2.05, 4.69) is 49.2 Å². The maximum Gasteiger partial charge on any atom is 0.155 e. The SMILES string of the molecule is CC(=O)/C=C(/C)O.Cc1cc[c-]c(-c2nccc3c2oc2cc4c(c(C)c23)CCCC4)c1.[Ir]. The van der Waals surface area contributed by atoms with Crippen molar-refractivity contribution < 1.29 is 34.4 Å². The number of aromatic nitrogens is 1. The number of fused-ring (bicyclic) bond motifs is 4. The maximum atomic E-state index is 10.0. The molecule has 0 aliphatic heterocycles. The minimum Gasteiger partial charge on any atom is -0.512 e. The van der Waals surface area contributed by atoms with E-state index in [1.165, 1.54) is 78.6 Å². The van der Waals surface area contributed by atoms with Crippen molar-refractivity contribution in [2.45, 2.75) is 53.4 Å². The van der Waals surface area contributed by atoms with Crippen LogP contribution in [0.2, 0.25) is 0 Å². The van der Waals surface area contributed by atoms with Gasteiger partial charge in [-0.1, -0.05) is 6.92 Å². The van der Waals surface area contributed by atoms with Crippen molar-refractivity contribution in [2.75, 3.05) is 0 Å². The molecule has 2 heterocycles. The van der Waals surface area contributed by atoms with Gasteiger partial charge in [-0.15, -0.1) is 35.4 Å². The van der Waals surface area contributed by atoms with Gasteiger partial charge in [0.05, 0.1) is 5.76 Å². The van der Waals surface area contributed by atoms with Crippen molar-refractivity contribution in [1.82, 2.24) is 4.98 Å². The molecule has 2 aromatic heterocycles. The smallest absolute Gasteiger partial charge is 0.155 e. The summed E-state index contributed by atoms with van der Waals surface area (Å²) in [6.07, 6.45) is 7.98. The van der Waals surface area contributed by atoms with Crippen LogP contribution in [-0.2, 0) is 37.7 Å². The average Bonchev–Trinajstić information content (AvgIpc) is 3.12. The second kappa shape index (κ2) is 10.5. The van der Waals surface area contributed by atoms with Crippen LogP contribution in [0.3, 0.4) is 0 Å². The van der Waals surface area contributed by atoms with Crippen molar-refractivity contribution in [3.8, 4) is 11.3 Å². The Kier molecular flexibility index (Phi) is 7.88. The summed E-state index contributed by atoms with van der Waals surface area (Å²) in [5.41, 5.74) is 9.34. The van der Waals surface area contributed by atoms with Crippen molar-refractivity contribution in [3.63, 3.8) is 0 Å². The van der Waals surface area contributed by atoms with Gasteiger partial charge in [-0.25, -0.2) is 0 Å². The number of allylic oxidation sites excluding steroid dienone is 2. The molecule has 0 saturated heterocycles. The van der Waals surface area contributed by atoms with Crippen molar-refractivity contribution in [2.24, 2.45) is 0 Å². The van der Waals surface area contributed by atoms with E-state index >= 15 is 0 Å². The fraction of sp³-hybridized carbons (Fsp3) is 0.286. The number of aliphatic hydroxyl groups is 1. The van der Waals surface area contributed by atoms with E-state index in [1.807, 2.05) is 12.3 Å². The first-order valence-electron chi connectivity index (χ1n) is 11.0. The van der Waals surface area contributed by atoms with Crippen molar-refractivity contribution in [1.29, 1.82) is 0 Å². The Morgan fingerprint density at radius 3 is 2.58 bits per heavy atom. The number of pyridine rings is 1. The summed E-state index contributed by atoms with van der Waals surface area (Å²) in [6.45, 7) is 7.19. The van der Waals surface area contributed by atoms with Gasteiger partial charge < -0.3 is 14.5 Å². The standard InChI is InChI=1S/C23H20NO.C5H8O2.Ir/c1-14-6-5-8-17(12-14)22-23-19(10-11-24-22)21-15(2)18-9-4-3-7-16(18)13-20(21)25-23;1-4(6)3-5(2)7;/h5-6,10-13H,3-4,7,9H2,1-2H3;3,6H,1-2H3;/q-1;;/b;4-3-;. The third kappa shape index (κ3) is 5.26. The van der Waals surface area contributed by atoms with Gasteiger partial charge in [0.15, 0.2) is 5.78 Å². The van der Waals surface area contributed by atoms with Crippen LogP contribution in [0.15, 0.2) is 52.8 Å². The number of nitrogens with zero attached hydrogens (tertiary/aromatic N) is 1. The fourth-order valence-electron chi connectivity index (χ4n) is 4.56. The third-order valence-electron chi connectivity index (χ3n) is 5.90. The molecule has 4 nitrogen and oxygen atoms in total. The summed E-state index contributed by atoms with van der Waals surface area (Å²) in [6, 6.07) is 13.8. The summed E-state index contributed by atoms with van der Waals surface area (Å²) in [5, 5.41) is 10.8. The number of aliphatic hydroxyl groups excluding tert-OH is 1. The molecule has 0 amide bonds. The van der Waals surface area contributed by atoms with Gasteiger partial charge in [0.2, 0.25) is 0 Å². The van der Waals surface area contributed by atoms with Gasteiger partial charge in [-0.3, -0.25) is 4.79 Å². The van der Waals surface area contributed by atoms with Crippen LogP contribution in [0.25, 0.3) is 33.2 Å². The van der Waals surface area contributed by atoms with Gasteiger partial charge >= 0.3 is 0 Å². The van der Waals surface area contributed by atoms with Gasteiger partial charge in [0.25, 0.3) is 0 Å². The van der Waals surface area contributed by atoms with E-state index < -0.39 is 0 Å². The van der Waals surface area contributed by atoms with Crippen molar-refractivity contribution in [3.05, 3.63) is 76.7 Å². The number of aryl methyl sites for hydroxylation is 3. The van der Waals surface area contributed by atoms with E-state index in [0.29, 0.717) is 0 Å².